The standard InChI is InChI=1S/C18H18O10/c1-24-10-5-8(6-11(25-2)13(10)19)18(23)28-15-9(17(21)22)7-12(26-3)14(20)16(15)27-4/h5-7,19-20H,1-4H3,(H,21,22). The van der Waals surface area contributed by atoms with E-state index < -0.39 is 34.8 Å². The average molecular weight is 394 g/mol. The number of aromatic hydroxyl groups is 2. The molecule has 3 N–H and O–H groups in total. The number of carboxylic acids is 1. The number of esters is 1. The van der Waals surface area contributed by atoms with E-state index in [1.807, 2.05) is 0 Å². The van der Waals surface area contributed by atoms with Crippen LogP contribution in [0.4, 0.5) is 0 Å². The molecule has 0 radical (unpaired) electrons. The Balaban J connectivity index is 2.58. The van der Waals surface area contributed by atoms with Gasteiger partial charge in [-0.1, -0.05) is 0 Å². The van der Waals surface area contributed by atoms with Gasteiger partial charge in [0.15, 0.2) is 23.0 Å². The van der Waals surface area contributed by atoms with Crippen molar-refractivity contribution in [3.8, 4) is 40.2 Å². The summed E-state index contributed by atoms with van der Waals surface area (Å²) >= 11 is 0. The summed E-state index contributed by atoms with van der Waals surface area (Å²) < 4.78 is 25.0. The molecule has 0 aliphatic heterocycles. The number of carbonyl (C=O) groups excluding carboxylic acids is 1. The molecule has 0 saturated carbocycles. The van der Waals surface area contributed by atoms with Gasteiger partial charge >= 0.3 is 11.9 Å². The number of methoxy groups -OCH3 is 4. The number of phenolic OH excluding ortho intramolecular Hbond substituents is 2. The Morgan fingerprint density at radius 3 is 1.68 bits per heavy atom. The van der Waals surface area contributed by atoms with Crippen molar-refractivity contribution in [1.82, 2.24) is 0 Å². The summed E-state index contributed by atoms with van der Waals surface area (Å²) in [6.45, 7) is 0. The molecule has 0 aliphatic carbocycles. The smallest absolute Gasteiger partial charge is 0.343 e. The second-order valence-electron chi connectivity index (χ2n) is 5.26. The van der Waals surface area contributed by atoms with Crippen molar-refractivity contribution >= 4 is 11.9 Å². The normalized spacial score (nSPS) is 10.1. The molecule has 150 valence electrons. The molecule has 10 heteroatoms. The van der Waals surface area contributed by atoms with Crippen LogP contribution in [0.1, 0.15) is 20.7 Å². The number of hydrogen-bond acceptors (Lipinski definition) is 9. The molecule has 0 spiro atoms. The molecular weight excluding hydrogens is 376 g/mol. The third-order valence-corrected chi connectivity index (χ3v) is 3.74. The van der Waals surface area contributed by atoms with Crippen LogP contribution in [0.5, 0.6) is 40.2 Å². The van der Waals surface area contributed by atoms with Crippen molar-refractivity contribution in [3.63, 3.8) is 0 Å². The van der Waals surface area contributed by atoms with Crippen LogP contribution in [0.15, 0.2) is 18.2 Å². The highest BCUT2D eigenvalue weighted by Crippen LogP contribution is 2.46. The molecular formula is C18H18O10. The van der Waals surface area contributed by atoms with Crippen molar-refractivity contribution in [2.24, 2.45) is 0 Å². The van der Waals surface area contributed by atoms with E-state index in [0.29, 0.717) is 0 Å². The molecule has 10 nitrogen and oxygen atoms in total. The van der Waals surface area contributed by atoms with Crippen LogP contribution in [0.3, 0.4) is 0 Å². The topological polar surface area (TPSA) is 141 Å². The number of phenols is 2. The molecule has 0 aromatic heterocycles. The Morgan fingerprint density at radius 1 is 0.750 bits per heavy atom. The minimum absolute atomic E-state index is 0.0608. The Hall–Kier alpha value is -3.82. The summed E-state index contributed by atoms with van der Waals surface area (Å²) in [5.74, 6) is -4.55. The molecule has 0 heterocycles. The van der Waals surface area contributed by atoms with Gasteiger partial charge in [0.05, 0.1) is 34.0 Å². The highest BCUT2D eigenvalue weighted by Gasteiger charge is 2.27. The molecule has 0 fully saturated rings. The quantitative estimate of drug-likeness (QED) is 0.472. The van der Waals surface area contributed by atoms with Crippen LogP contribution in [-0.2, 0) is 0 Å². The fourth-order valence-electron chi connectivity index (χ4n) is 2.37. The van der Waals surface area contributed by atoms with E-state index in [9.17, 15) is 24.9 Å². The minimum Gasteiger partial charge on any atom is -0.502 e. The fourth-order valence-corrected chi connectivity index (χ4v) is 2.37. The van der Waals surface area contributed by atoms with Crippen molar-refractivity contribution in [2.45, 2.75) is 0 Å². The molecule has 2 aromatic carbocycles. The number of benzene rings is 2. The Kier molecular flexibility index (Phi) is 6.04. The van der Waals surface area contributed by atoms with E-state index in [1.165, 1.54) is 33.5 Å². The number of ether oxygens (including phenoxy) is 5. The van der Waals surface area contributed by atoms with E-state index in [1.54, 1.807) is 0 Å². The molecule has 2 aromatic rings. The highest BCUT2D eigenvalue weighted by atomic mass is 16.6. The van der Waals surface area contributed by atoms with Crippen LogP contribution in [-0.4, -0.2) is 55.7 Å². The van der Waals surface area contributed by atoms with Crippen LogP contribution in [0.2, 0.25) is 0 Å². The first-order valence-electron chi connectivity index (χ1n) is 7.67. The average Bonchev–Trinajstić information content (AvgIpc) is 2.68. The van der Waals surface area contributed by atoms with Gasteiger partial charge in [0.1, 0.15) is 5.56 Å². The third-order valence-electron chi connectivity index (χ3n) is 3.74. The lowest BCUT2D eigenvalue weighted by Gasteiger charge is -2.16. The maximum atomic E-state index is 12.6. The predicted octanol–water partition coefficient (Wildman–Crippen LogP) is 2.05. The molecule has 0 unspecified atom stereocenters. The summed E-state index contributed by atoms with van der Waals surface area (Å²) in [4.78, 5) is 24.2. The van der Waals surface area contributed by atoms with Gasteiger partial charge in [-0.2, -0.15) is 0 Å². The molecule has 2 rings (SSSR count). The Morgan fingerprint density at radius 2 is 1.25 bits per heavy atom. The SMILES string of the molecule is COc1cc(C(=O)Oc2c(C(=O)O)cc(OC)c(O)c2OC)cc(OC)c1O. The predicted molar refractivity (Wildman–Crippen MR) is 94.3 cm³/mol. The number of carbonyl (C=O) groups is 2. The second kappa shape index (κ2) is 8.25. The summed E-state index contributed by atoms with van der Waals surface area (Å²) in [5.41, 5.74) is -0.585. The summed E-state index contributed by atoms with van der Waals surface area (Å²) in [6, 6.07) is 3.34. The van der Waals surface area contributed by atoms with Gasteiger partial charge in [0, 0.05) is 6.07 Å². The van der Waals surface area contributed by atoms with E-state index in [2.05, 4.69) is 0 Å². The van der Waals surface area contributed by atoms with Crippen molar-refractivity contribution < 1.29 is 48.6 Å². The fraction of sp³-hybridized carbons (Fsp3) is 0.222. The lowest BCUT2D eigenvalue weighted by molar-refractivity contribution is 0.0677. The Bertz CT molecular complexity index is 894. The monoisotopic (exact) mass is 394 g/mol. The molecule has 0 saturated heterocycles. The van der Waals surface area contributed by atoms with Gasteiger partial charge in [0.25, 0.3) is 0 Å². The first kappa shape index (κ1) is 20.5. The number of aromatic carboxylic acids is 1. The van der Waals surface area contributed by atoms with Crippen LogP contribution < -0.4 is 23.7 Å². The first-order valence-corrected chi connectivity index (χ1v) is 7.67. The van der Waals surface area contributed by atoms with E-state index in [0.717, 1.165) is 13.2 Å². The number of carboxylic acid groups (broad SMARTS) is 1. The van der Waals surface area contributed by atoms with Gasteiger partial charge in [-0.15, -0.1) is 0 Å². The Labute approximate surface area is 159 Å². The second-order valence-corrected chi connectivity index (χ2v) is 5.26. The summed E-state index contributed by atoms with van der Waals surface area (Å²) in [7, 11) is 4.93. The zero-order valence-corrected chi connectivity index (χ0v) is 15.4. The van der Waals surface area contributed by atoms with E-state index in [-0.39, 0.29) is 28.6 Å². The van der Waals surface area contributed by atoms with Gasteiger partial charge < -0.3 is 39.0 Å². The van der Waals surface area contributed by atoms with Crippen LogP contribution >= 0.6 is 0 Å². The summed E-state index contributed by atoms with van der Waals surface area (Å²) in [6.07, 6.45) is 0. The molecule has 0 atom stereocenters. The molecule has 28 heavy (non-hydrogen) atoms. The van der Waals surface area contributed by atoms with Gasteiger partial charge in [-0.3, -0.25) is 0 Å². The maximum Gasteiger partial charge on any atom is 0.343 e. The van der Waals surface area contributed by atoms with Gasteiger partial charge in [0.2, 0.25) is 17.2 Å². The highest BCUT2D eigenvalue weighted by molar-refractivity contribution is 5.98. The van der Waals surface area contributed by atoms with E-state index >= 15 is 0 Å². The third kappa shape index (κ3) is 3.65. The maximum absolute atomic E-state index is 12.6. The van der Waals surface area contributed by atoms with Gasteiger partial charge in [-0.25, -0.2) is 9.59 Å². The molecule has 0 bridgehead atoms. The van der Waals surface area contributed by atoms with Crippen molar-refractivity contribution in [1.29, 1.82) is 0 Å². The van der Waals surface area contributed by atoms with Gasteiger partial charge in [-0.05, 0) is 12.1 Å². The zero-order valence-electron chi connectivity index (χ0n) is 15.4. The van der Waals surface area contributed by atoms with Crippen LogP contribution in [0, 0.1) is 0 Å². The number of hydrogen-bond donors (Lipinski definition) is 3. The largest absolute Gasteiger partial charge is 0.502 e. The first-order chi connectivity index (χ1) is 13.3. The van der Waals surface area contributed by atoms with E-state index in [4.69, 9.17) is 23.7 Å². The molecule has 0 amide bonds. The van der Waals surface area contributed by atoms with Crippen LogP contribution in [0.25, 0.3) is 0 Å². The number of rotatable bonds is 7. The lowest BCUT2D eigenvalue weighted by Crippen LogP contribution is -2.13. The van der Waals surface area contributed by atoms with Crippen molar-refractivity contribution in [3.05, 3.63) is 29.3 Å². The minimum atomic E-state index is -1.44. The summed E-state index contributed by atoms with van der Waals surface area (Å²) in [5, 5.41) is 29.5. The molecule has 0 aliphatic rings. The lowest BCUT2D eigenvalue weighted by atomic mass is 10.1. The van der Waals surface area contributed by atoms with Crippen molar-refractivity contribution in [2.75, 3.05) is 28.4 Å². The zero-order chi connectivity index (χ0) is 21.0.